The summed E-state index contributed by atoms with van der Waals surface area (Å²) in [5.74, 6) is 2.01. The van der Waals surface area contributed by atoms with Crippen LogP contribution in [0.4, 0.5) is 5.82 Å². The third-order valence-corrected chi connectivity index (χ3v) is 5.55. The molecule has 0 spiro atoms. The molecule has 3 nitrogen and oxygen atoms in total. The van der Waals surface area contributed by atoms with Gasteiger partial charge in [-0.05, 0) is 56.8 Å². The molecule has 110 valence electrons. The number of nitrogens with zero attached hydrogens (tertiary/aromatic N) is 3. The average molecular weight is 338 g/mol. The zero-order chi connectivity index (χ0) is 14.1. The molecule has 0 radical (unpaired) electrons. The monoisotopic (exact) mass is 337 g/mol. The Morgan fingerprint density at radius 3 is 2.95 bits per heavy atom. The smallest absolute Gasteiger partial charge is 0.131 e. The maximum Gasteiger partial charge on any atom is 0.131 e. The maximum atomic E-state index is 4.71. The van der Waals surface area contributed by atoms with Gasteiger partial charge in [-0.2, -0.15) is 0 Å². The van der Waals surface area contributed by atoms with Crippen molar-refractivity contribution in [3.63, 3.8) is 0 Å². The van der Waals surface area contributed by atoms with Gasteiger partial charge in [-0.25, -0.2) is 4.98 Å². The topological polar surface area (TPSA) is 19.4 Å². The zero-order valence-corrected chi connectivity index (χ0v) is 14.1. The summed E-state index contributed by atoms with van der Waals surface area (Å²) >= 11 is 3.51. The van der Waals surface area contributed by atoms with Crippen molar-refractivity contribution in [3.8, 4) is 0 Å². The molecular formula is C16H24BrN3. The Morgan fingerprint density at radius 1 is 1.35 bits per heavy atom. The van der Waals surface area contributed by atoms with Crippen molar-refractivity contribution >= 4 is 21.7 Å². The van der Waals surface area contributed by atoms with Gasteiger partial charge in [-0.15, -0.1) is 0 Å². The fourth-order valence-electron chi connectivity index (χ4n) is 3.87. The molecule has 3 heterocycles. The minimum Gasteiger partial charge on any atom is -0.356 e. The van der Waals surface area contributed by atoms with E-state index in [-0.39, 0.29) is 0 Å². The number of hydrogen-bond donors (Lipinski definition) is 0. The van der Waals surface area contributed by atoms with Crippen LogP contribution >= 0.6 is 15.9 Å². The van der Waals surface area contributed by atoms with Gasteiger partial charge in [0.1, 0.15) is 5.82 Å². The molecular weight excluding hydrogens is 314 g/mol. The first-order chi connectivity index (χ1) is 9.69. The number of fused-ring (bicyclic) bond motifs is 1. The van der Waals surface area contributed by atoms with Crippen LogP contribution in [-0.4, -0.2) is 42.6 Å². The van der Waals surface area contributed by atoms with E-state index in [9.17, 15) is 0 Å². The van der Waals surface area contributed by atoms with Crippen molar-refractivity contribution in [2.45, 2.75) is 37.6 Å². The quantitative estimate of drug-likeness (QED) is 0.772. The molecule has 3 rings (SSSR count). The third-order valence-electron chi connectivity index (χ3n) is 4.91. The van der Waals surface area contributed by atoms with Gasteiger partial charge in [0.2, 0.25) is 0 Å². The van der Waals surface area contributed by atoms with Crippen molar-refractivity contribution in [2.24, 2.45) is 5.92 Å². The summed E-state index contributed by atoms with van der Waals surface area (Å²) in [6.07, 6.45) is 6.02. The number of halogens is 1. The number of alkyl halides is 1. The Kier molecular flexibility index (Phi) is 4.32. The van der Waals surface area contributed by atoms with Crippen molar-refractivity contribution in [3.05, 3.63) is 23.4 Å². The normalized spacial score (nSPS) is 27.4. The van der Waals surface area contributed by atoms with Crippen molar-refractivity contribution in [1.82, 2.24) is 9.88 Å². The highest BCUT2D eigenvalue weighted by Gasteiger charge is 2.34. The maximum absolute atomic E-state index is 4.71. The van der Waals surface area contributed by atoms with Crippen LogP contribution in [0.2, 0.25) is 0 Å². The van der Waals surface area contributed by atoms with E-state index in [1.54, 1.807) is 0 Å². The molecule has 1 aromatic rings. The number of aromatic nitrogens is 1. The molecule has 20 heavy (non-hydrogen) atoms. The zero-order valence-electron chi connectivity index (χ0n) is 12.5. The Hall–Kier alpha value is -0.610. The second-order valence-electron chi connectivity index (χ2n) is 6.30. The van der Waals surface area contributed by atoms with Crippen LogP contribution in [0.3, 0.4) is 0 Å². The molecule has 2 fully saturated rings. The molecule has 2 aliphatic rings. The first kappa shape index (κ1) is 14.3. The molecule has 2 aliphatic heterocycles. The number of piperidine rings is 2. The second kappa shape index (κ2) is 6.02. The fourth-order valence-corrected chi connectivity index (χ4v) is 4.18. The molecule has 0 N–H and O–H groups in total. The van der Waals surface area contributed by atoms with E-state index in [2.05, 4.69) is 45.8 Å². The van der Waals surface area contributed by atoms with Crippen molar-refractivity contribution < 1.29 is 0 Å². The summed E-state index contributed by atoms with van der Waals surface area (Å²) in [7, 11) is 2.29. The first-order valence-electron chi connectivity index (χ1n) is 7.65. The number of aryl methyl sites for hydroxylation is 1. The largest absolute Gasteiger partial charge is 0.356 e. The summed E-state index contributed by atoms with van der Waals surface area (Å²) in [5.41, 5.74) is 2.57. The minimum absolute atomic E-state index is 0.794. The Morgan fingerprint density at radius 2 is 2.20 bits per heavy atom. The molecule has 0 bridgehead atoms. The Bertz CT molecular complexity index is 477. The fraction of sp³-hybridized carbons (Fsp3) is 0.688. The third kappa shape index (κ3) is 2.73. The van der Waals surface area contributed by atoms with E-state index in [1.165, 1.54) is 49.3 Å². The van der Waals surface area contributed by atoms with Gasteiger partial charge < -0.3 is 9.80 Å². The van der Waals surface area contributed by atoms with E-state index >= 15 is 0 Å². The molecule has 2 saturated heterocycles. The van der Waals surface area contributed by atoms with E-state index < -0.39 is 0 Å². The van der Waals surface area contributed by atoms with E-state index in [1.807, 2.05) is 6.20 Å². The van der Waals surface area contributed by atoms with Crippen LogP contribution in [0.5, 0.6) is 0 Å². The van der Waals surface area contributed by atoms with Crippen LogP contribution in [0.1, 0.15) is 30.4 Å². The summed E-state index contributed by atoms with van der Waals surface area (Å²) in [6.45, 7) is 5.79. The van der Waals surface area contributed by atoms with E-state index in [0.29, 0.717) is 0 Å². The average Bonchev–Trinajstić information content (AvgIpc) is 2.47. The van der Waals surface area contributed by atoms with Gasteiger partial charge in [-0.1, -0.05) is 22.0 Å². The van der Waals surface area contributed by atoms with Crippen molar-refractivity contribution in [1.29, 1.82) is 0 Å². The molecule has 0 saturated carbocycles. The van der Waals surface area contributed by atoms with Crippen LogP contribution in [0.25, 0.3) is 0 Å². The highest BCUT2D eigenvalue weighted by molar-refractivity contribution is 9.08. The highest BCUT2D eigenvalue weighted by Crippen LogP contribution is 2.32. The number of pyridine rings is 1. The second-order valence-corrected chi connectivity index (χ2v) is 6.86. The molecule has 1 aromatic heterocycles. The number of likely N-dealkylation sites (tertiary alicyclic amines) is 1. The van der Waals surface area contributed by atoms with Gasteiger partial charge in [0.05, 0.1) is 0 Å². The van der Waals surface area contributed by atoms with Crippen molar-refractivity contribution in [2.75, 3.05) is 31.6 Å². The van der Waals surface area contributed by atoms with Gasteiger partial charge in [0, 0.05) is 30.7 Å². The van der Waals surface area contributed by atoms with Crippen LogP contribution < -0.4 is 4.90 Å². The lowest BCUT2D eigenvalue weighted by Crippen LogP contribution is -2.53. The summed E-state index contributed by atoms with van der Waals surface area (Å²) < 4.78 is 0. The highest BCUT2D eigenvalue weighted by atomic mass is 79.9. The molecule has 0 aliphatic carbocycles. The minimum atomic E-state index is 0.794. The summed E-state index contributed by atoms with van der Waals surface area (Å²) in [4.78, 5) is 9.79. The van der Waals surface area contributed by atoms with Gasteiger partial charge in [0.15, 0.2) is 0 Å². The lowest BCUT2D eigenvalue weighted by Gasteiger charge is -2.46. The van der Waals surface area contributed by atoms with Gasteiger partial charge in [-0.3, -0.25) is 0 Å². The molecule has 4 heteroatoms. The molecule has 0 aromatic carbocycles. The molecule has 2 unspecified atom stereocenters. The lowest BCUT2D eigenvalue weighted by molar-refractivity contribution is 0.102. The van der Waals surface area contributed by atoms with Crippen LogP contribution in [-0.2, 0) is 5.33 Å². The Balaban J connectivity index is 1.76. The van der Waals surface area contributed by atoms with Gasteiger partial charge in [0.25, 0.3) is 0 Å². The van der Waals surface area contributed by atoms with Gasteiger partial charge >= 0.3 is 0 Å². The number of hydrogen-bond acceptors (Lipinski definition) is 3. The Labute approximate surface area is 130 Å². The summed E-state index contributed by atoms with van der Waals surface area (Å²) in [6, 6.07) is 3.05. The lowest BCUT2D eigenvalue weighted by atomic mass is 9.84. The number of rotatable bonds is 2. The first-order valence-corrected chi connectivity index (χ1v) is 8.78. The molecule has 0 amide bonds. The standard InChI is InChI=1S/C16H24BrN3/c1-12-8-13(9-17)10-18-16(12)20-7-5-15-14(11-20)4-3-6-19(15)2/h8,10,14-15H,3-7,9,11H2,1-2H3. The van der Waals surface area contributed by atoms with Crippen LogP contribution in [0.15, 0.2) is 12.3 Å². The predicted molar refractivity (Wildman–Crippen MR) is 87.6 cm³/mol. The summed E-state index contributed by atoms with van der Waals surface area (Å²) in [5, 5.41) is 0.886. The predicted octanol–water partition coefficient (Wildman–Crippen LogP) is 3.21. The van der Waals surface area contributed by atoms with E-state index in [4.69, 9.17) is 4.98 Å². The van der Waals surface area contributed by atoms with E-state index in [0.717, 1.165) is 23.8 Å². The molecule has 2 atom stereocenters. The number of anilines is 1. The SMILES string of the molecule is Cc1cc(CBr)cnc1N1CCC2C(CCCN2C)C1. The van der Waals surface area contributed by atoms with Crippen LogP contribution in [0, 0.1) is 12.8 Å².